The zero-order valence-corrected chi connectivity index (χ0v) is 13.5. The number of nitrogens with two attached hydrogens (primary N) is 1. The highest BCUT2D eigenvalue weighted by Crippen LogP contribution is 2.35. The summed E-state index contributed by atoms with van der Waals surface area (Å²) in [7, 11) is 2.27. The Morgan fingerprint density at radius 2 is 1.95 bits per heavy atom. The summed E-state index contributed by atoms with van der Waals surface area (Å²) in [6, 6.07) is 3.47. The second-order valence-corrected chi connectivity index (χ2v) is 7.30. The summed E-state index contributed by atoms with van der Waals surface area (Å²) >= 11 is 1.86. The van der Waals surface area contributed by atoms with Gasteiger partial charge in [0.15, 0.2) is 0 Å². The van der Waals surface area contributed by atoms with Crippen LogP contribution in [0.4, 0.5) is 0 Å². The smallest absolute Gasteiger partial charge is 0.0593 e. The van der Waals surface area contributed by atoms with Crippen molar-refractivity contribution in [3.8, 4) is 0 Å². The van der Waals surface area contributed by atoms with Gasteiger partial charge in [0.05, 0.1) is 6.04 Å². The van der Waals surface area contributed by atoms with Gasteiger partial charge in [-0.2, -0.15) is 0 Å². The molecule has 1 aromatic rings. The van der Waals surface area contributed by atoms with E-state index < -0.39 is 0 Å². The molecule has 0 aromatic carbocycles. The van der Waals surface area contributed by atoms with Crippen molar-refractivity contribution < 1.29 is 0 Å². The fourth-order valence-corrected chi connectivity index (χ4v) is 4.55. The molecule has 0 spiro atoms. The monoisotopic (exact) mass is 280 g/mol. The average Bonchev–Trinajstić information content (AvgIpc) is 2.76. The van der Waals surface area contributed by atoms with Crippen LogP contribution in [0.1, 0.15) is 56.0 Å². The van der Waals surface area contributed by atoms with E-state index in [4.69, 9.17) is 5.73 Å². The fourth-order valence-electron chi connectivity index (χ4n) is 3.36. The number of hydrogen-bond donors (Lipinski definition) is 1. The first-order chi connectivity index (χ1) is 9.00. The molecule has 2 atom stereocenters. The number of rotatable bonds is 4. The van der Waals surface area contributed by atoms with Crippen molar-refractivity contribution in [2.75, 3.05) is 7.05 Å². The lowest BCUT2D eigenvalue weighted by Crippen LogP contribution is -2.44. The summed E-state index contributed by atoms with van der Waals surface area (Å²) < 4.78 is 0. The van der Waals surface area contributed by atoms with Crippen LogP contribution < -0.4 is 5.73 Å². The summed E-state index contributed by atoms with van der Waals surface area (Å²) in [6.45, 7) is 6.73. The minimum Gasteiger partial charge on any atom is -0.326 e. The summed E-state index contributed by atoms with van der Waals surface area (Å²) in [6.07, 6.45) is 5.38. The van der Waals surface area contributed by atoms with Crippen LogP contribution in [0.25, 0.3) is 0 Å². The van der Waals surface area contributed by atoms with E-state index >= 15 is 0 Å². The summed E-state index contributed by atoms with van der Waals surface area (Å²) in [4.78, 5) is 4.01. The first kappa shape index (κ1) is 15.0. The standard InChI is InChI=1S/C16H28N2S/c1-11-5-7-14(8-6-11)18(4)15(13(3)17)16-12(2)9-10-19-16/h9-11,13-15H,5-8,17H2,1-4H3. The van der Waals surface area contributed by atoms with Gasteiger partial charge in [0, 0.05) is 17.0 Å². The largest absolute Gasteiger partial charge is 0.326 e. The molecule has 1 aliphatic rings. The Balaban J connectivity index is 2.13. The van der Waals surface area contributed by atoms with Gasteiger partial charge in [-0.15, -0.1) is 11.3 Å². The Labute approximate surface area is 122 Å². The predicted octanol–water partition coefficient (Wildman–Crippen LogP) is 3.96. The van der Waals surface area contributed by atoms with Gasteiger partial charge in [0.1, 0.15) is 0 Å². The van der Waals surface area contributed by atoms with Crippen LogP contribution in [-0.2, 0) is 0 Å². The molecule has 0 radical (unpaired) electrons. The summed E-state index contributed by atoms with van der Waals surface area (Å²) in [5.74, 6) is 0.905. The van der Waals surface area contributed by atoms with E-state index in [2.05, 4.69) is 44.2 Å². The third-order valence-corrected chi connectivity index (χ3v) is 5.76. The van der Waals surface area contributed by atoms with Crippen LogP contribution in [-0.4, -0.2) is 24.0 Å². The maximum atomic E-state index is 6.30. The number of nitrogens with zero attached hydrogens (tertiary/aromatic N) is 1. The van der Waals surface area contributed by atoms with Crippen molar-refractivity contribution >= 4 is 11.3 Å². The predicted molar refractivity (Wildman–Crippen MR) is 84.6 cm³/mol. The van der Waals surface area contributed by atoms with Crippen LogP contribution in [0.3, 0.4) is 0 Å². The third kappa shape index (κ3) is 3.39. The second-order valence-electron chi connectivity index (χ2n) is 6.35. The van der Waals surface area contributed by atoms with Crippen LogP contribution in [0, 0.1) is 12.8 Å². The molecule has 1 fully saturated rings. The zero-order chi connectivity index (χ0) is 14.0. The molecule has 108 valence electrons. The number of thiophene rings is 1. The van der Waals surface area contributed by atoms with Crippen LogP contribution in [0.2, 0.25) is 0 Å². The quantitative estimate of drug-likeness (QED) is 0.904. The number of aryl methyl sites for hydroxylation is 1. The Hall–Kier alpha value is -0.380. The molecule has 0 amide bonds. The lowest BCUT2D eigenvalue weighted by molar-refractivity contribution is 0.112. The van der Waals surface area contributed by atoms with E-state index in [1.807, 2.05) is 11.3 Å². The highest BCUT2D eigenvalue weighted by Gasteiger charge is 2.30. The molecular formula is C16H28N2S. The van der Waals surface area contributed by atoms with Crippen LogP contribution in [0.5, 0.6) is 0 Å². The van der Waals surface area contributed by atoms with E-state index in [-0.39, 0.29) is 6.04 Å². The van der Waals surface area contributed by atoms with Crippen molar-refractivity contribution in [2.24, 2.45) is 11.7 Å². The first-order valence-electron chi connectivity index (χ1n) is 7.52. The molecular weight excluding hydrogens is 252 g/mol. The highest BCUT2D eigenvalue weighted by atomic mass is 32.1. The minimum absolute atomic E-state index is 0.182. The summed E-state index contributed by atoms with van der Waals surface area (Å²) in [5, 5.41) is 2.19. The average molecular weight is 280 g/mol. The molecule has 1 aromatic heterocycles. The van der Waals surface area contributed by atoms with Gasteiger partial charge < -0.3 is 5.73 Å². The second kappa shape index (κ2) is 6.38. The van der Waals surface area contributed by atoms with E-state index in [1.165, 1.54) is 36.1 Å². The Kier molecular flexibility index (Phi) is 5.04. The van der Waals surface area contributed by atoms with E-state index in [0.717, 1.165) is 5.92 Å². The number of hydrogen-bond acceptors (Lipinski definition) is 3. The van der Waals surface area contributed by atoms with Gasteiger partial charge in [-0.1, -0.05) is 6.92 Å². The molecule has 0 saturated heterocycles. The van der Waals surface area contributed by atoms with Gasteiger partial charge in [0.2, 0.25) is 0 Å². The Bertz CT molecular complexity index is 391. The van der Waals surface area contributed by atoms with E-state index in [9.17, 15) is 0 Å². The van der Waals surface area contributed by atoms with Crippen molar-refractivity contribution in [1.82, 2.24) is 4.90 Å². The van der Waals surface area contributed by atoms with Gasteiger partial charge in [-0.25, -0.2) is 0 Å². The van der Waals surface area contributed by atoms with E-state index in [1.54, 1.807) is 0 Å². The normalized spacial score (nSPS) is 27.5. The molecule has 0 aliphatic heterocycles. The van der Waals surface area contributed by atoms with Crippen molar-refractivity contribution in [1.29, 1.82) is 0 Å². The first-order valence-corrected chi connectivity index (χ1v) is 8.40. The Morgan fingerprint density at radius 3 is 2.42 bits per heavy atom. The number of likely N-dealkylation sites (N-methyl/N-ethyl adjacent to an activating group) is 1. The lowest BCUT2D eigenvalue weighted by atomic mass is 9.85. The molecule has 2 N–H and O–H groups in total. The Morgan fingerprint density at radius 1 is 1.32 bits per heavy atom. The molecule has 2 rings (SSSR count). The van der Waals surface area contributed by atoms with Crippen molar-refractivity contribution in [3.63, 3.8) is 0 Å². The zero-order valence-electron chi connectivity index (χ0n) is 12.7. The maximum absolute atomic E-state index is 6.30. The van der Waals surface area contributed by atoms with E-state index in [0.29, 0.717) is 12.1 Å². The molecule has 3 heteroatoms. The maximum Gasteiger partial charge on any atom is 0.0593 e. The van der Waals surface area contributed by atoms with Gasteiger partial charge in [-0.05, 0) is 69.5 Å². The highest BCUT2D eigenvalue weighted by molar-refractivity contribution is 7.10. The molecule has 19 heavy (non-hydrogen) atoms. The van der Waals surface area contributed by atoms with Gasteiger partial charge in [-0.3, -0.25) is 4.90 Å². The molecule has 2 nitrogen and oxygen atoms in total. The molecule has 1 aliphatic carbocycles. The van der Waals surface area contributed by atoms with Gasteiger partial charge in [0.25, 0.3) is 0 Å². The fraction of sp³-hybridized carbons (Fsp3) is 0.750. The topological polar surface area (TPSA) is 29.3 Å². The summed E-state index contributed by atoms with van der Waals surface area (Å²) in [5.41, 5.74) is 7.69. The lowest BCUT2D eigenvalue weighted by Gasteiger charge is -2.40. The molecule has 2 unspecified atom stereocenters. The SMILES string of the molecule is Cc1ccsc1C(C(C)N)N(C)C1CCC(C)CC1. The van der Waals surface area contributed by atoms with Crippen molar-refractivity contribution in [2.45, 2.75) is 64.6 Å². The van der Waals surface area contributed by atoms with Crippen LogP contribution >= 0.6 is 11.3 Å². The van der Waals surface area contributed by atoms with Gasteiger partial charge >= 0.3 is 0 Å². The molecule has 0 bridgehead atoms. The minimum atomic E-state index is 0.182. The molecule has 1 saturated carbocycles. The van der Waals surface area contributed by atoms with Crippen LogP contribution in [0.15, 0.2) is 11.4 Å². The third-order valence-electron chi connectivity index (χ3n) is 4.67. The molecule has 1 heterocycles. The van der Waals surface area contributed by atoms with Crippen molar-refractivity contribution in [3.05, 3.63) is 21.9 Å².